The molecule has 10 nitrogen and oxygen atoms in total. The van der Waals surface area contributed by atoms with Crippen molar-refractivity contribution in [2.45, 2.75) is 13.5 Å². The van der Waals surface area contributed by atoms with Gasteiger partial charge in [0.2, 0.25) is 0 Å². The molecule has 0 spiro atoms. The van der Waals surface area contributed by atoms with E-state index < -0.39 is 5.91 Å². The predicted octanol–water partition coefficient (Wildman–Crippen LogP) is 1.03. The van der Waals surface area contributed by atoms with Gasteiger partial charge in [-0.2, -0.15) is 15.3 Å². The summed E-state index contributed by atoms with van der Waals surface area (Å²) in [5, 5.41) is 17.9. The van der Waals surface area contributed by atoms with E-state index in [2.05, 4.69) is 25.9 Å². The van der Waals surface area contributed by atoms with Gasteiger partial charge in [0.05, 0.1) is 28.8 Å². The molecule has 0 aliphatic carbocycles. The van der Waals surface area contributed by atoms with E-state index in [1.807, 2.05) is 0 Å². The van der Waals surface area contributed by atoms with Crippen molar-refractivity contribution < 1.29 is 9.59 Å². The molecule has 0 bridgehead atoms. The normalized spacial score (nSPS) is 10.9. The lowest BCUT2D eigenvalue weighted by atomic mass is 10.3. The number of aromatic nitrogens is 6. The van der Waals surface area contributed by atoms with E-state index in [0.29, 0.717) is 12.2 Å². The van der Waals surface area contributed by atoms with Gasteiger partial charge in [-0.3, -0.25) is 23.6 Å². The second-order valence-electron chi connectivity index (χ2n) is 6.06. The summed E-state index contributed by atoms with van der Waals surface area (Å²) in [4.78, 5) is 25.1. The molecule has 3 heterocycles. The Morgan fingerprint density at radius 2 is 1.85 bits per heavy atom. The monoisotopic (exact) mass is 390 g/mol. The van der Waals surface area contributed by atoms with Crippen molar-refractivity contribution in [3.8, 4) is 0 Å². The highest BCUT2D eigenvalue weighted by molar-refractivity contribution is 6.34. The molecule has 0 aliphatic heterocycles. The van der Waals surface area contributed by atoms with Crippen molar-refractivity contribution in [2.75, 3.05) is 5.32 Å². The largest absolute Gasteiger partial charge is 0.346 e. The van der Waals surface area contributed by atoms with Gasteiger partial charge in [0.1, 0.15) is 5.69 Å². The number of amides is 2. The maximum atomic E-state index is 12.6. The lowest BCUT2D eigenvalue weighted by Crippen LogP contribution is -2.26. The summed E-state index contributed by atoms with van der Waals surface area (Å²) in [6.45, 7) is 2.06. The van der Waals surface area contributed by atoms with Gasteiger partial charge < -0.3 is 10.6 Å². The Hall–Kier alpha value is -3.14. The van der Waals surface area contributed by atoms with Crippen LogP contribution >= 0.6 is 11.6 Å². The molecule has 0 saturated heterocycles. The number of carbonyl (C=O) groups excluding carboxylic acids is 2. The minimum atomic E-state index is -0.516. The Balaban J connectivity index is 1.76. The summed E-state index contributed by atoms with van der Waals surface area (Å²) in [5.74, 6) is -0.893. The standard InChI is InChI=1S/C16H19ClN8O2/c1-9-12(17)13(22-24(9)3)15(26)21-11-7-20-25(4)14(11)16(27)18-5-10-6-19-23(2)8-10/h6-8H,5H2,1-4H3,(H,18,27)(H,21,26). The summed E-state index contributed by atoms with van der Waals surface area (Å²) in [5.41, 5.74) is 2.10. The van der Waals surface area contributed by atoms with Crippen LogP contribution in [-0.2, 0) is 27.7 Å². The molecule has 27 heavy (non-hydrogen) atoms. The van der Waals surface area contributed by atoms with Gasteiger partial charge in [-0.05, 0) is 6.92 Å². The van der Waals surface area contributed by atoms with Gasteiger partial charge in [-0.1, -0.05) is 11.6 Å². The predicted molar refractivity (Wildman–Crippen MR) is 98.5 cm³/mol. The lowest BCUT2D eigenvalue weighted by Gasteiger charge is -2.08. The topological polar surface area (TPSA) is 112 Å². The summed E-state index contributed by atoms with van der Waals surface area (Å²) < 4.78 is 4.55. The summed E-state index contributed by atoms with van der Waals surface area (Å²) in [6, 6.07) is 0. The quantitative estimate of drug-likeness (QED) is 0.675. The summed E-state index contributed by atoms with van der Waals surface area (Å²) in [7, 11) is 5.11. The first-order chi connectivity index (χ1) is 12.8. The van der Waals surface area contributed by atoms with Crippen LogP contribution in [0.25, 0.3) is 0 Å². The van der Waals surface area contributed by atoms with E-state index in [-0.39, 0.29) is 28.0 Å². The number of hydrogen-bond acceptors (Lipinski definition) is 5. The number of aryl methyl sites for hydroxylation is 3. The molecule has 0 fully saturated rings. The highest BCUT2D eigenvalue weighted by Gasteiger charge is 2.23. The van der Waals surface area contributed by atoms with Crippen molar-refractivity contribution in [1.82, 2.24) is 34.7 Å². The molecular formula is C16H19ClN8O2. The molecule has 0 radical (unpaired) electrons. The Morgan fingerprint density at radius 3 is 2.44 bits per heavy atom. The Kier molecular flexibility index (Phi) is 5.00. The Labute approximate surface area is 160 Å². The van der Waals surface area contributed by atoms with Gasteiger partial charge in [0.25, 0.3) is 11.8 Å². The van der Waals surface area contributed by atoms with E-state index in [1.54, 1.807) is 45.1 Å². The number of halogens is 1. The molecule has 0 saturated carbocycles. The number of nitrogens with one attached hydrogen (secondary N) is 2. The van der Waals surface area contributed by atoms with Gasteiger partial charge in [0.15, 0.2) is 5.69 Å². The van der Waals surface area contributed by atoms with Crippen LogP contribution in [0.4, 0.5) is 5.69 Å². The van der Waals surface area contributed by atoms with Crippen LogP contribution in [0.3, 0.4) is 0 Å². The van der Waals surface area contributed by atoms with E-state index in [4.69, 9.17) is 11.6 Å². The third-order valence-electron chi connectivity index (χ3n) is 4.09. The first-order valence-electron chi connectivity index (χ1n) is 8.06. The van der Waals surface area contributed by atoms with Crippen LogP contribution in [0.1, 0.15) is 32.2 Å². The summed E-state index contributed by atoms with van der Waals surface area (Å²) in [6.07, 6.45) is 4.87. The minimum absolute atomic E-state index is 0.0854. The van der Waals surface area contributed by atoms with E-state index in [9.17, 15) is 9.59 Å². The van der Waals surface area contributed by atoms with E-state index >= 15 is 0 Å². The van der Waals surface area contributed by atoms with E-state index in [1.165, 1.54) is 15.6 Å². The number of nitrogens with zero attached hydrogens (tertiary/aromatic N) is 6. The molecule has 2 amide bonds. The molecule has 142 valence electrons. The average Bonchev–Trinajstić information content (AvgIpc) is 3.27. The van der Waals surface area contributed by atoms with Crippen molar-refractivity contribution in [3.05, 3.63) is 46.3 Å². The molecule has 0 unspecified atom stereocenters. The van der Waals surface area contributed by atoms with Crippen molar-refractivity contribution >= 4 is 29.1 Å². The minimum Gasteiger partial charge on any atom is -0.346 e. The first-order valence-corrected chi connectivity index (χ1v) is 8.44. The van der Waals surface area contributed by atoms with Crippen LogP contribution in [-0.4, -0.2) is 41.2 Å². The Morgan fingerprint density at radius 1 is 1.11 bits per heavy atom. The molecule has 3 aromatic heterocycles. The van der Waals surface area contributed by atoms with Crippen LogP contribution < -0.4 is 10.6 Å². The number of carbonyl (C=O) groups is 2. The molecule has 0 aliphatic rings. The third-order valence-corrected chi connectivity index (χ3v) is 4.54. The fraction of sp³-hybridized carbons (Fsp3) is 0.312. The SMILES string of the molecule is Cc1c(Cl)c(C(=O)Nc2cnn(C)c2C(=O)NCc2cnn(C)c2)nn1C. The van der Waals surface area contributed by atoms with Crippen LogP contribution in [0.5, 0.6) is 0 Å². The van der Waals surface area contributed by atoms with Gasteiger partial charge in [-0.25, -0.2) is 0 Å². The fourth-order valence-corrected chi connectivity index (χ4v) is 2.78. The number of rotatable bonds is 5. The highest BCUT2D eigenvalue weighted by Crippen LogP contribution is 2.21. The maximum absolute atomic E-state index is 12.6. The molecule has 0 aromatic carbocycles. The molecule has 3 aromatic rings. The lowest BCUT2D eigenvalue weighted by molar-refractivity contribution is 0.0942. The van der Waals surface area contributed by atoms with Crippen LogP contribution in [0, 0.1) is 6.92 Å². The number of anilines is 1. The second kappa shape index (κ2) is 7.23. The maximum Gasteiger partial charge on any atom is 0.277 e. The molecular weight excluding hydrogens is 372 g/mol. The average molecular weight is 391 g/mol. The third kappa shape index (κ3) is 3.70. The smallest absolute Gasteiger partial charge is 0.277 e. The first kappa shape index (κ1) is 18.6. The fourth-order valence-electron chi connectivity index (χ4n) is 2.54. The molecule has 3 rings (SSSR count). The molecule has 2 N–H and O–H groups in total. The zero-order valence-electron chi connectivity index (χ0n) is 15.3. The highest BCUT2D eigenvalue weighted by atomic mass is 35.5. The second-order valence-corrected chi connectivity index (χ2v) is 6.44. The Bertz CT molecular complexity index is 1020. The van der Waals surface area contributed by atoms with E-state index in [0.717, 1.165) is 5.56 Å². The zero-order valence-corrected chi connectivity index (χ0v) is 16.1. The van der Waals surface area contributed by atoms with Crippen LogP contribution in [0.15, 0.2) is 18.6 Å². The molecule has 0 atom stereocenters. The van der Waals surface area contributed by atoms with Gasteiger partial charge in [-0.15, -0.1) is 0 Å². The van der Waals surface area contributed by atoms with Gasteiger partial charge >= 0.3 is 0 Å². The molecule has 11 heteroatoms. The number of hydrogen-bond donors (Lipinski definition) is 2. The summed E-state index contributed by atoms with van der Waals surface area (Å²) >= 11 is 6.15. The van der Waals surface area contributed by atoms with Crippen molar-refractivity contribution in [2.24, 2.45) is 21.1 Å². The van der Waals surface area contributed by atoms with Gasteiger partial charge in [0, 0.05) is 39.4 Å². The zero-order chi connectivity index (χ0) is 19.7. The van der Waals surface area contributed by atoms with Crippen molar-refractivity contribution in [3.63, 3.8) is 0 Å². The van der Waals surface area contributed by atoms with Crippen LogP contribution in [0.2, 0.25) is 5.02 Å². The van der Waals surface area contributed by atoms with Crippen molar-refractivity contribution in [1.29, 1.82) is 0 Å².